The predicted molar refractivity (Wildman–Crippen MR) is 64.3 cm³/mol. The average Bonchev–Trinajstić information content (AvgIpc) is 3.09. The second kappa shape index (κ2) is 9.09. The Balaban J connectivity index is 0.000000379. The third-order valence-electron chi connectivity index (χ3n) is 2.66. The van der Waals surface area contributed by atoms with Crippen LogP contribution in [0.3, 0.4) is 0 Å². The molecule has 0 unspecified atom stereocenters. The number of piperidine rings is 1. The Morgan fingerprint density at radius 3 is 1.93 bits per heavy atom. The summed E-state index contributed by atoms with van der Waals surface area (Å²) in [6, 6.07) is 0. The summed E-state index contributed by atoms with van der Waals surface area (Å²) in [6.07, 6.45) is 15.4. The molecule has 0 radical (unpaired) electrons. The highest BCUT2D eigenvalue weighted by Gasteiger charge is 2.24. The minimum atomic E-state index is 1.10. The second-order valence-electron chi connectivity index (χ2n) is 3.80. The first-order valence-electron chi connectivity index (χ1n) is 6.01. The Morgan fingerprint density at radius 1 is 1.00 bits per heavy atom. The maximum atomic E-state index is 4.00. The Bertz CT molecular complexity index is 129. The fourth-order valence-electron chi connectivity index (χ4n) is 1.81. The highest BCUT2D eigenvalue weighted by atomic mass is 15.1. The van der Waals surface area contributed by atoms with Crippen molar-refractivity contribution in [3.8, 4) is 12.8 Å². The number of likely N-dealkylation sites (tertiary alicyclic amines) is 1. The van der Waals surface area contributed by atoms with E-state index >= 15 is 0 Å². The van der Waals surface area contributed by atoms with Gasteiger partial charge in [0, 0.05) is 6.54 Å². The number of rotatable bonds is 2. The highest BCUT2D eigenvalue weighted by Crippen LogP contribution is 2.30. The zero-order valence-electron chi connectivity index (χ0n) is 9.84. The van der Waals surface area contributed by atoms with Crippen LogP contribution in [-0.2, 0) is 0 Å². The molecule has 2 rings (SSSR count). The topological polar surface area (TPSA) is 3.24 Å². The lowest BCUT2D eigenvalue weighted by molar-refractivity contribution is 0.220. The molecule has 0 aromatic carbocycles. The predicted octanol–water partition coefficient (Wildman–Crippen LogP) is 3.16. The standard InChI is InChI=1S/C9H17N.C2H6.C2H2/c1-2-6-10(7-3-1)8-9-4-5-9;2*1-2/h9H,1-8H2;1-2H3;1-2H. The molecule has 1 saturated heterocycles. The number of terminal acetylenes is 1. The van der Waals surface area contributed by atoms with Gasteiger partial charge in [0.1, 0.15) is 0 Å². The van der Waals surface area contributed by atoms with Gasteiger partial charge in [-0.15, -0.1) is 12.8 Å². The van der Waals surface area contributed by atoms with E-state index < -0.39 is 0 Å². The van der Waals surface area contributed by atoms with Gasteiger partial charge in [-0.2, -0.15) is 0 Å². The molecule has 2 fully saturated rings. The minimum absolute atomic E-state index is 1.10. The molecule has 1 heterocycles. The van der Waals surface area contributed by atoms with Crippen LogP contribution in [0.2, 0.25) is 0 Å². The quantitative estimate of drug-likeness (QED) is 0.612. The zero-order valence-corrected chi connectivity index (χ0v) is 9.84. The SMILES string of the molecule is C#C.C1CCN(CC2CC2)CC1.CC. The van der Waals surface area contributed by atoms with Gasteiger partial charge in [0.05, 0.1) is 0 Å². The van der Waals surface area contributed by atoms with E-state index in [1.165, 1.54) is 51.7 Å². The molecule has 0 amide bonds. The van der Waals surface area contributed by atoms with Crippen LogP contribution in [-0.4, -0.2) is 24.5 Å². The lowest BCUT2D eigenvalue weighted by Gasteiger charge is -2.26. The molecule has 82 valence electrons. The summed E-state index contributed by atoms with van der Waals surface area (Å²) < 4.78 is 0. The molecule has 1 heteroatoms. The van der Waals surface area contributed by atoms with Gasteiger partial charge in [0.2, 0.25) is 0 Å². The van der Waals surface area contributed by atoms with Gasteiger partial charge in [0.15, 0.2) is 0 Å². The normalized spacial score (nSPS) is 21.1. The number of nitrogens with zero attached hydrogens (tertiary/aromatic N) is 1. The van der Waals surface area contributed by atoms with Gasteiger partial charge in [-0.25, -0.2) is 0 Å². The lowest BCUT2D eigenvalue weighted by atomic mass is 10.1. The summed E-state index contributed by atoms with van der Waals surface area (Å²) in [4.78, 5) is 2.65. The van der Waals surface area contributed by atoms with Gasteiger partial charge < -0.3 is 4.90 Å². The molecule has 1 aliphatic heterocycles. The van der Waals surface area contributed by atoms with Crippen LogP contribution in [0.5, 0.6) is 0 Å². The Labute approximate surface area is 89.9 Å². The van der Waals surface area contributed by atoms with Gasteiger partial charge in [-0.05, 0) is 44.7 Å². The van der Waals surface area contributed by atoms with E-state index in [4.69, 9.17) is 0 Å². The maximum Gasteiger partial charge on any atom is 0.000966 e. The molecule has 0 atom stereocenters. The van der Waals surface area contributed by atoms with Gasteiger partial charge in [-0.3, -0.25) is 0 Å². The number of hydrogen-bond donors (Lipinski definition) is 0. The van der Waals surface area contributed by atoms with E-state index in [-0.39, 0.29) is 0 Å². The number of hydrogen-bond acceptors (Lipinski definition) is 1. The van der Waals surface area contributed by atoms with Crippen LogP contribution in [0.15, 0.2) is 0 Å². The van der Waals surface area contributed by atoms with Gasteiger partial charge >= 0.3 is 0 Å². The van der Waals surface area contributed by atoms with E-state index in [1.807, 2.05) is 13.8 Å². The summed E-state index contributed by atoms with van der Waals surface area (Å²) in [7, 11) is 0. The van der Waals surface area contributed by atoms with Crippen molar-refractivity contribution >= 4 is 0 Å². The molecule has 1 nitrogen and oxygen atoms in total. The monoisotopic (exact) mass is 195 g/mol. The summed E-state index contributed by atoms with van der Waals surface area (Å²) in [5.41, 5.74) is 0. The average molecular weight is 195 g/mol. The van der Waals surface area contributed by atoms with Crippen LogP contribution >= 0.6 is 0 Å². The third kappa shape index (κ3) is 6.05. The maximum absolute atomic E-state index is 4.00. The van der Waals surface area contributed by atoms with Gasteiger partial charge in [-0.1, -0.05) is 20.3 Å². The Kier molecular flexibility index (Phi) is 8.78. The summed E-state index contributed by atoms with van der Waals surface area (Å²) in [5, 5.41) is 0. The molecule has 2 aliphatic rings. The minimum Gasteiger partial charge on any atom is -0.303 e. The molecule has 0 bridgehead atoms. The fraction of sp³-hybridized carbons (Fsp3) is 0.846. The van der Waals surface area contributed by atoms with Crippen molar-refractivity contribution in [3.63, 3.8) is 0 Å². The van der Waals surface area contributed by atoms with Crippen LogP contribution in [0.1, 0.15) is 46.0 Å². The first kappa shape index (κ1) is 13.5. The summed E-state index contributed by atoms with van der Waals surface area (Å²) in [5.74, 6) is 1.10. The van der Waals surface area contributed by atoms with E-state index in [0.717, 1.165) is 5.92 Å². The third-order valence-corrected chi connectivity index (χ3v) is 2.66. The van der Waals surface area contributed by atoms with Crippen molar-refractivity contribution in [1.29, 1.82) is 0 Å². The second-order valence-corrected chi connectivity index (χ2v) is 3.80. The molecule has 1 aliphatic carbocycles. The van der Waals surface area contributed by atoms with E-state index in [2.05, 4.69) is 17.7 Å². The smallest absolute Gasteiger partial charge is 0.000966 e. The Hall–Kier alpha value is -0.480. The van der Waals surface area contributed by atoms with Crippen LogP contribution < -0.4 is 0 Å². The largest absolute Gasteiger partial charge is 0.303 e. The summed E-state index contributed by atoms with van der Waals surface area (Å²) in [6.45, 7) is 8.19. The molecular weight excluding hydrogens is 170 g/mol. The van der Waals surface area contributed by atoms with E-state index in [1.54, 1.807) is 0 Å². The fourth-order valence-corrected chi connectivity index (χ4v) is 1.81. The van der Waals surface area contributed by atoms with E-state index in [0.29, 0.717) is 0 Å². The van der Waals surface area contributed by atoms with E-state index in [9.17, 15) is 0 Å². The van der Waals surface area contributed by atoms with Crippen LogP contribution in [0.25, 0.3) is 0 Å². The first-order valence-corrected chi connectivity index (χ1v) is 6.01. The van der Waals surface area contributed by atoms with Crippen molar-refractivity contribution in [2.24, 2.45) is 5.92 Å². The molecule has 0 N–H and O–H groups in total. The molecule has 14 heavy (non-hydrogen) atoms. The van der Waals surface area contributed by atoms with Crippen molar-refractivity contribution in [1.82, 2.24) is 4.90 Å². The van der Waals surface area contributed by atoms with Crippen molar-refractivity contribution < 1.29 is 0 Å². The van der Waals surface area contributed by atoms with Crippen molar-refractivity contribution in [2.45, 2.75) is 46.0 Å². The van der Waals surface area contributed by atoms with Crippen LogP contribution in [0, 0.1) is 18.8 Å². The van der Waals surface area contributed by atoms with Crippen LogP contribution in [0.4, 0.5) is 0 Å². The molecule has 0 aromatic heterocycles. The van der Waals surface area contributed by atoms with Gasteiger partial charge in [0.25, 0.3) is 0 Å². The molecule has 1 saturated carbocycles. The van der Waals surface area contributed by atoms with Crippen molar-refractivity contribution in [3.05, 3.63) is 0 Å². The van der Waals surface area contributed by atoms with Crippen molar-refractivity contribution in [2.75, 3.05) is 19.6 Å². The Morgan fingerprint density at radius 2 is 1.50 bits per heavy atom. The molecule has 0 spiro atoms. The summed E-state index contributed by atoms with van der Waals surface area (Å²) >= 11 is 0. The zero-order chi connectivity index (χ0) is 10.8. The first-order chi connectivity index (χ1) is 6.95. The highest BCUT2D eigenvalue weighted by molar-refractivity contribution is 4.78. The lowest BCUT2D eigenvalue weighted by Crippen LogP contribution is -2.31. The molecule has 0 aromatic rings. The molecular formula is C13H25N.